The zero-order valence-corrected chi connectivity index (χ0v) is 35.1. The molecule has 312 valence electrons. The summed E-state index contributed by atoms with van der Waals surface area (Å²) < 4.78 is 30.0. The maximum Gasteiger partial charge on any atom is 0.534 e. The van der Waals surface area contributed by atoms with Gasteiger partial charge in [0.2, 0.25) is 20.7 Å². The summed E-state index contributed by atoms with van der Waals surface area (Å²) in [6.07, 6.45) is 2.56. The molecule has 0 saturated heterocycles. The van der Waals surface area contributed by atoms with Crippen LogP contribution in [0.4, 0.5) is 4.79 Å². The van der Waals surface area contributed by atoms with Crippen molar-refractivity contribution >= 4 is 38.1 Å². The average molecular weight is 818 g/mol. The van der Waals surface area contributed by atoms with Crippen molar-refractivity contribution in [2.24, 2.45) is 5.92 Å². The number of unbranched alkanes of at least 4 members (excludes halogenated alkanes) is 2. The lowest BCUT2D eigenvalue weighted by atomic mass is 9.90. The van der Waals surface area contributed by atoms with Gasteiger partial charge in [-0.1, -0.05) is 93.8 Å². The van der Waals surface area contributed by atoms with Crippen molar-refractivity contribution in [2.75, 3.05) is 13.3 Å². The van der Waals surface area contributed by atoms with Crippen LogP contribution in [0.1, 0.15) is 95.3 Å². The summed E-state index contributed by atoms with van der Waals surface area (Å²) in [6, 6.07) is 27.8. The van der Waals surface area contributed by atoms with Gasteiger partial charge >= 0.3 is 6.16 Å². The molecular weight excluding hydrogens is 761 g/mol. The molecule has 2 atom stereocenters. The van der Waals surface area contributed by atoms with E-state index in [1.54, 1.807) is 39.8 Å². The molecule has 3 amide bonds. The van der Waals surface area contributed by atoms with Crippen LogP contribution in [0.25, 0.3) is 11.3 Å². The van der Waals surface area contributed by atoms with Gasteiger partial charge in [-0.15, -0.1) is 0 Å². The Labute approximate surface area is 342 Å². The number of hydrogen-bond acceptors (Lipinski definition) is 10. The van der Waals surface area contributed by atoms with Gasteiger partial charge in [0.25, 0.3) is 5.91 Å². The van der Waals surface area contributed by atoms with Crippen LogP contribution in [0.2, 0.25) is 0 Å². The molecule has 0 saturated carbocycles. The number of ether oxygens (including phenoxy) is 2. The maximum atomic E-state index is 13.6. The minimum absolute atomic E-state index is 0.0272. The Morgan fingerprint density at radius 2 is 1.50 bits per heavy atom. The number of rotatable bonds is 23. The minimum Gasteiger partial charge on any atom is -0.494 e. The molecule has 14 heteroatoms. The van der Waals surface area contributed by atoms with Crippen LogP contribution < -0.4 is 20.7 Å². The summed E-state index contributed by atoms with van der Waals surface area (Å²) in [5.41, 5.74) is 1.82. The molecule has 4 aromatic rings. The summed E-state index contributed by atoms with van der Waals surface area (Å²) >= 11 is 0. The molecule has 1 heterocycles. The van der Waals surface area contributed by atoms with E-state index >= 15 is 0 Å². The van der Waals surface area contributed by atoms with Crippen molar-refractivity contribution in [1.29, 1.82) is 0 Å². The fraction of sp³-hybridized carbons (Fsp3) is 0.409. The molecule has 58 heavy (non-hydrogen) atoms. The number of benzene rings is 3. The van der Waals surface area contributed by atoms with E-state index in [0.29, 0.717) is 62.6 Å². The van der Waals surface area contributed by atoms with Crippen LogP contribution >= 0.6 is 8.38 Å². The smallest absolute Gasteiger partial charge is 0.494 e. The molecule has 2 N–H and O–H groups in total. The molecule has 4 rings (SSSR count). The third kappa shape index (κ3) is 14.6. The second-order valence-corrected chi connectivity index (χ2v) is 16.0. The molecule has 1 aromatic heterocycles. The third-order valence-corrected chi connectivity index (χ3v) is 10.2. The van der Waals surface area contributed by atoms with E-state index in [2.05, 4.69) is 10.6 Å². The zero-order chi connectivity index (χ0) is 41.9. The van der Waals surface area contributed by atoms with E-state index in [1.165, 1.54) is 0 Å². The molecule has 2 unspecified atom stereocenters. The summed E-state index contributed by atoms with van der Waals surface area (Å²) in [5, 5.41) is 7.04. The summed E-state index contributed by atoms with van der Waals surface area (Å²) in [7, 11) is -1.58. The number of amides is 3. The first-order valence-electron chi connectivity index (χ1n) is 19.7. The summed E-state index contributed by atoms with van der Waals surface area (Å²) in [5.74, 6) is -0.670. The van der Waals surface area contributed by atoms with E-state index in [4.69, 9.17) is 27.8 Å². The van der Waals surface area contributed by atoms with Gasteiger partial charge in [-0.3, -0.25) is 14.4 Å². The predicted molar refractivity (Wildman–Crippen MR) is 222 cm³/mol. The highest BCUT2D eigenvalue weighted by molar-refractivity contribution is 7.56. The number of hydrogen-bond donors (Lipinski definition) is 2. The van der Waals surface area contributed by atoms with Gasteiger partial charge in [0.15, 0.2) is 5.76 Å². The highest BCUT2D eigenvalue weighted by atomic mass is 31.2. The first-order valence-corrected chi connectivity index (χ1v) is 20.8. The molecule has 0 fully saturated rings. The second kappa shape index (κ2) is 23.2. The van der Waals surface area contributed by atoms with Crippen LogP contribution in [0.15, 0.2) is 95.4 Å². The Morgan fingerprint density at radius 1 is 0.845 bits per heavy atom. The number of nitrogens with one attached hydrogen (secondary N) is 2. The van der Waals surface area contributed by atoms with Gasteiger partial charge in [0, 0.05) is 10.9 Å². The van der Waals surface area contributed by atoms with Gasteiger partial charge in [-0.25, -0.2) is 4.79 Å². The van der Waals surface area contributed by atoms with Crippen molar-refractivity contribution in [2.45, 2.75) is 98.5 Å². The van der Waals surface area contributed by atoms with Crippen molar-refractivity contribution < 1.29 is 47.0 Å². The third-order valence-electron chi connectivity index (χ3n) is 8.76. The first kappa shape index (κ1) is 45.5. The Hall–Kier alpha value is -5.23. The molecule has 0 aliphatic heterocycles. The van der Waals surface area contributed by atoms with Gasteiger partial charge in [-0.2, -0.15) is 5.06 Å². The average Bonchev–Trinajstić information content (AvgIpc) is 3.71. The fourth-order valence-electron chi connectivity index (χ4n) is 6.00. The maximum absolute atomic E-state index is 13.6. The van der Waals surface area contributed by atoms with Crippen molar-refractivity contribution in [3.63, 3.8) is 0 Å². The fourth-order valence-corrected chi connectivity index (χ4v) is 7.39. The van der Waals surface area contributed by atoms with E-state index in [-0.39, 0.29) is 12.4 Å². The summed E-state index contributed by atoms with van der Waals surface area (Å²) in [4.78, 5) is 56.5. The van der Waals surface area contributed by atoms with Crippen LogP contribution in [0.5, 0.6) is 5.75 Å². The Bertz CT molecular complexity index is 1840. The molecule has 0 aliphatic rings. The number of furan rings is 1. The van der Waals surface area contributed by atoms with Crippen molar-refractivity contribution in [1.82, 2.24) is 15.7 Å². The van der Waals surface area contributed by atoms with E-state index in [9.17, 15) is 19.2 Å². The largest absolute Gasteiger partial charge is 0.534 e. The van der Waals surface area contributed by atoms with E-state index in [1.807, 2.05) is 92.7 Å². The lowest BCUT2D eigenvalue weighted by Gasteiger charge is -2.32. The molecule has 0 aliphatic carbocycles. The van der Waals surface area contributed by atoms with Crippen LogP contribution in [-0.4, -0.2) is 54.4 Å². The highest BCUT2D eigenvalue weighted by Crippen LogP contribution is 2.42. The van der Waals surface area contributed by atoms with Gasteiger partial charge < -0.3 is 38.4 Å². The first-order chi connectivity index (χ1) is 27.9. The summed E-state index contributed by atoms with van der Waals surface area (Å²) in [6.45, 7) is 11.6. The normalized spacial score (nSPS) is 12.3. The molecule has 0 radical (unpaired) electrons. The number of nitrogens with zero attached hydrogens (tertiary/aromatic N) is 1. The predicted octanol–water partition coefficient (Wildman–Crippen LogP) is 8.82. The van der Waals surface area contributed by atoms with Gasteiger partial charge in [-0.05, 0) is 82.0 Å². The quantitative estimate of drug-likeness (QED) is 0.0185. The number of hydroxylamine groups is 2. The molecule has 3 aromatic carbocycles. The monoisotopic (exact) mass is 817 g/mol. The van der Waals surface area contributed by atoms with Crippen molar-refractivity contribution in [3.05, 3.63) is 108 Å². The van der Waals surface area contributed by atoms with E-state index < -0.39 is 43.9 Å². The lowest BCUT2D eigenvalue weighted by Crippen LogP contribution is -2.49. The zero-order valence-electron chi connectivity index (χ0n) is 34.2. The van der Waals surface area contributed by atoms with Crippen LogP contribution in [0, 0.1) is 5.92 Å². The molecule has 13 nitrogen and oxygen atoms in total. The Kier molecular flexibility index (Phi) is 18.2. The topological polar surface area (TPSA) is 155 Å². The van der Waals surface area contributed by atoms with Gasteiger partial charge in [0.1, 0.15) is 17.1 Å². The van der Waals surface area contributed by atoms with Crippen LogP contribution in [0.3, 0.4) is 0 Å². The number of carbonyl (C=O) groups is 4. The molecule has 0 bridgehead atoms. The standard InChI is InChI=1S/C44H56N3O10P/c1-7-10-13-22-37(38(8-2)47(31-48)57-43(51)56-44(4,5)6)41(49)45-30-46-42(50)40-24-23-39(55-40)34-25-35(52-9-3)27-36(26-34)58(53-28-32-18-14-11-15-19-32)54-29-33-20-16-12-17-21-33/h11-12,14-21,23-27,31,37-38H,7-10,13,22,28-30H2,1-6H3,(H,45,49)(H,46,50). The Morgan fingerprint density at radius 3 is 2.07 bits per heavy atom. The lowest BCUT2D eigenvalue weighted by molar-refractivity contribution is -0.182. The molecule has 0 spiro atoms. The Balaban J connectivity index is 1.47. The van der Waals surface area contributed by atoms with Crippen LogP contribution in [-0.2, 0) is 41.4 Å². The number of carbonyl (C=O) groups excluding carboxylic acids is 4. The van der Waals surface area contributed by atoms with Gasteiger partial charge in [0.05, 0.1) is 38.4 Å². The second-order valence-electron chi connectivity index (χ2n) is 14.4. The minimum atomic E-state index is -1.58. The SMILES string of the molecule is CCCCCC(C(=O)NCNC(=O)c1ccc(-c2cc(OCC)cc(P(OCc3ccccc3)OCc3ccccc3)c2)o1)C(CC)N(C=O)OC(=O)OC(C)(C)C. The molecular formula is C44H56N3O10P. The van der Waals surface area contributed by atoms with E-state index in [0.717, 1.165) is 34.3 Å². The van der Waals surface area contributed by atoms with Crippen molar-refractivity contribution in [3.8, 4) is 17.1 Å². The highest BCUT2D eigenvalue weighted by Gasteiger charge is 2.34.